The van der Waals surface area contributed by atoms with Crippen LogP contribution < -0.4 is 5.73 Å². The highest BCUT2D eigenvalue weighted by atomic mass is 15.2. The number of nitrogens with two attached hydrogens (primary N) is 1. The summed E-state index contributed by atoms with van der Waals surface area (Å²) in [6, 6.07) is 1.11. The van der Waals surface area contributed by atoms with Crippen LogP contribution in [0, 0.1) is 11.8 Å². The molecule has 1 heterocycles. The quantitative estimate of drug-likeness (QED) is 0.694. The molecule has 1 saturated carbocycles. The van der Waals surface area contributed by atoms with E-state index in [1.807, 2.05) is 0 Å². The first-order chi connectivity index (χ1) is 7.68. The van der Waals surface area contributed by atoms with E-state index in [2.05, 4.69) is 18.7 Å². The lowest BCUT2D eigenvalue weighted by atomic mass is 9.86. The Hall–Kier alpha value is -0.0800. The van der Waals surface area contributed by atoms with Crippen molar-refractivity contribution in [1.82, 2.24) is 4.90 Å². The third-order valence-electron chi connectivity index (χ3n) is 4.87. The van der Waals surface area contributed by atoms with Gasteiger partial charge in [0, 0.05) is 18.6 Å². The summed E-state index contributed by atoms with van der Waals surface area (Å²) < 4.78 is 0. The minimum atomic E-state index is 0.433. The van der Waals surface area contributed by atoms with Crippen molar-refractivity contribution in [2.24, 2.45) is 17.6 Å². The highest BCUT2D eigenvalue weighted by Gasteiger charge is 2.31. The summed E-state index contributed by atoms with van der Waals surface area (Å²) in [6.45, 7) is 7.36. The Balaban J connectivity index is 1.94. The van der Waals surface area contributed by atoms with Crippen LogP contribution in [0.15, 0.2) is 0 Å². The molecule has 2 aliphatic rings. The number of hydrogen-bond acceptors (Lipinski definition) is 2. The summed E-state index contributed by atoms with van der Waals surface area (Å²) in [6.07, 6.45) is 8.07. The minimum absolute atomic E-state index is 0.433. The molecule has 4 atom stereocenters. The van der Waals surface area contributed by atoms with Gasteiger partial charge in [0.05, 0.1) is 0 Å². The van der Waals surface area contributed by atoms with E-state index in [0.29, 0.717) is 12.1 Å². The lowest BCUT2D eigenvalue weighted by Crippen LogP contribution is -2.51. The Morgan fingerprint density at radius 3 is 2.44 bits per heavy atom. The van der Waals surface area contributed by atoms with Gasteiger partial charge in [-0.1, -0.05) is 33.1 Å². The molecular formula is C14H28N2. The molecule has 94 valence electrons. The van der Waals surface area contributed by atoms with Crippen molar-refractivity contribution in [1.29, 1.82) is 0 Å². The summed E-state index contributed by atoms with van der Waals surface area (Å²) in [5, 5.41) is 0. The molecule has 0 radical (unpaired) electrons. The van der Waals surface area contributed by atoms with Crippen LogP contribution in [0.1, 0.15) is 52.4 Å². The summed E-state index contributed by atoms with van der Waals surface area (Å²) in [7, 11) is 0. The van der Waals surface area contributed by atoms with E-state index >= 15 is 0 Å². The maximum absolute atomic E-state index is 6.35. The number of rotatable bonds is 1. The van der Waals surface area contributed by atoms with Crippen LogP contribution in [0.25, 0.3) is 0 Å². The zero-order chi connectivity index (χ0) is 11.5. The van der Waals surface area contributed by atoms with Gasteiger partial charge in [-0.05, 0) is 37.6 Å². The molecule has 1 aliphatic carbocycles. The summed E-state index contributed by atoms with van der Waals surface area (Å²) >= 11 is 0. The molecular weight excluding hydrogens is 196 g/mol. The highest BCUT2D eigenvalue weighted by molar-refractivity contribution is 4.88. The van der Waals surface area contributed by atoms with E-state index < -0.39 is 0 Å². The first-order valence-electron chi connectivity index (χ1n) is 7.18. The second-order valence-corrected chi connectivity index (χ2v) is 6.11. The molecule has 0 spiro atoms. The van der Waals surface area contributed by atoms with Gasteiger partial charge in [-0.3, -0.25) is 4.90 Å². The maximum Gasteiger partial charge on any atom is 0.0247 e. The third kappa shape index (κ3) is 2.78. The van der Waals surface area contributed by atoms with E-state index in [9.17, 15) is 0 Å². The minimum Gasteiger partial charge on any atom is -0.326 e. The molecule has 0 aromatic rings. The van der Waals surface area contributed by atoms with Gasteiger partial charge in [-0.15, -0.1) is 0 Å². The Morgan fingerprint density at radius 1 is 0.938 bits per heavy atom. The molecule has 0 aromatic heterocycles. The zero-order valence-electron chi connectivity index (χ0n) is 11.0. The zero-order valence-corrected chi connectivity index (χ0v) is 11.0. The van der Waals surface area contributed by atoms with E-state index in [0.717, 1.165) is 11.8 Å². The molecule has 0 amide bonds. The fourth-order valence-electron chi connectivity index (χ4n) is 3.37. The Kier molecular flexibility index (Phi) is 4.26. The van der Waals surface area contributed by atoms with E-state index in [1.165, 1.54) is 51.6 Å². The van der Waals surface area contributed by atoms with Crippen LogP contribution in [-0.4, -0.2) is 30.1 Å². The van der Waals surface area contributed by atoms with Crippen molar-refractivity contribution in [2.75, 3.05) is 13.1 Å². The molecule has 1 saturated heterocycles. The van der Waals surface area contributed by atoms with Crippen molar-refractivity contribution in [3.63, 3.8) is 0 Å². The van der Waals surface area contributed by atoms with Gasteiger partial charge < -0.3 is 5.73 Å². The van der Waals surface area contributed by atoms with Crippen molar-refractivity contribution < 1.29 is 0 Å². The fraction of sp³-hybridized carbons (Fsp3) is 1.00. The van der Waals surface area contributed by atoms with Gasteiger partial charge in [-0.25, -0.2) is 0 Å². The average Bonchev–Trinajstić information content (AvgIpc) is 2.47. The monoisotopic (exact) mass is 224 g/mol. The lowest BCUT2D eigenvalue weighted by Gasteiger charge is -2.42. The summed E-state index contributed by atoms with van der Waals surface area (Å²) in [4.78, 5) is 2.70. The normalized spacial score (nSPS) is 42.9. The van der Waals surface area contributed by atoms with Gasteiger partial charge in [0.15, 0.2) is 0 Å². The summed E-state index contributed by atoms with van der Waals surface area (Å²) in [5.41, 5.74) is 6.35. The third-order valence-corrected chi connectivity index (χ3v) is 4.87. The standard InChI is InChI=1S/C14H28N2/c1-11-8-9-16(10-12(11)2)14-7-5-3-4-6-13(14)15/h11-14H,3-10,15H2,1-2H3. The predicted octanol–water partition coefficient (Wildman–Crippen LogP) is 2.62. The van der Waals surface area contributed by atoms with Crippen LogP contribution >= 0.6 is 0 Å². The average molecular weight is 224 g/mol. The summed E-state index contributed by atoms with van der Waals surface area (Å²) in [5.74, 6) is 1.75. The van der Waals surface area contributed by atoms with Crippen molar-refractivity contribution in [3.05, 3.63) is 0 Å². The molecule has 0 bridgehead atoms. The second kappa shape index (κ2) is 5.50. The Morgan fingerprint density at radius 2 is 1.69 bits per heavy atom. The fourth-order valence-corrected chi connectivity index (χ4v) is 3.37. The van der Waals surface area contributed by atoms with Gasteiger partial charge in [0.25, 0.3) is 0 Å². The first kappa shape index (κ1) is 12.4. The van der Waals surface area contributed by atoms with Crippen LogP contribution in [0.5, 0.6) is 0 Å². The predicted molar refractivity (Wildman–Crippen MR) is 69.4 cm³/mol. The SMILES string of the molecule is CC1CCN(C2CCCCCC2N)CC1C. The molecule has 2 nitrogen and oxygen atoms in total. The van der Waals surface area contributed by atoms with Gasteiger partial charge >= 0.3 is 0 Å². The van der Waals surface area contributed by atoms with Gasteiger partial charge in [0.2, 0.25) is 0 Å². The lowest BCUT2D eigenvalue weighted by molar-refractivity contribution is 0.0792. The van der Waals surface area contributed by atoms with Crippen LogP contribution in [0.4, 0.5) is 0 Å². The molecule has 4 unspecified atom stereocenters. The molecule has 2 rings (SSSR count). The largest absolute Gasteiger partial charge is 0.326 e. The van der Waals surface area contributed by atoms with Gasteiger partial charge in [-0.2, -0.15) is 0 Å². The number of hydrogen-bond donors (Lipinski definition) is 1. The molecule has 2 fully saturated rings. The molecule has 0 aromatic carbocycles. The van der Waals surface area contributed by atoms with Crippen molar-refractivity contribution >= 4 is 0 Å². The Bertz CT molecular complexity index is 217. The smallest absolute Gasteiger partial charge is 0.0247 e. The molecule has 16 heavy (non-hydrogen) atoms. The van der Waals surface area contributed by atoms with Crippen LogP contribution in [0.2, 0.25) is 0 Å². The number of likely N-dealkylation sites (tertiary alicyclic amines) is 1. The Labute approximate surface area is 101 Å². The molecule has 2 heteroatoms. The molecule has 1 aliphatic heterocycles. The van der Waals surface area contributed by atoms with E-state index in [-0.39, 0.29) is 0 Å². The first-order valence-corrected chi connectivity index (χ1v) is 7.18. The number of nitrogens with zero attached hydrogens (tertiary/aromatic N) is 1. The van der Waals surface area contributed by atoms with Crippen molar-refractivity contribution in [2.45, 2.75) is 64.5 Å². The number of piperidine rings is 1. The van der Waals surface area contributed by atoms with Crippen molar-refractivity contribution in [3.8, 4) is 0 Å². The van der Waals surface area contributed by atoms with Crippen LogP contribution in [0.3, 0.4) is 0 Å². The second-order valence-electron chi connectivity index (χ2n) is 6.11. The van der Waals surface area contributed by atoms with Crippen LogP contribution in [-0.2, 0) is 0 Å². The van der Waals surface area contributed by atoms with E-state index in [4.69, 9.17) is 5.73 Å². The highest BCUT2D eigenvalue weighted by Crippen LogP contribution is 2.28. The van der Waals surface area contributed by atoms with Gasteiger partial charge in [0.1, 0.15) is 0 Å². The van der Waals surface area contributed by atoms with E-state index in [1.54, 1.807) is 0 Å². The maximum atomic E-state index is 6.35. The topological polar surface area (TPSA) is 29.3 Å². The molecule has 2 N–H and O–H groups in total.